The number of ether oxygens (including phenoxy) is 3. The van der Waals surface area contributed by atoms with Crippen molar-refractivity contribution < 1.29 is 24.1 Å². The minimum absolute atomic E-state index is 0.0720. The molecule has 0 unspecified atom stereocenters. The normalized spacial score (nSPS) is 10.5. The predicted octanol–water partition coefficient (Wildman–Crippen LogP) is 2.88. The molecule has 0 aliphatic heterocycles. The molecule has 0 radical (unpaired) electrons. The first kappa shape index (κ1) is 15.7. The van der Waals surface area contributed by atoms with Crippen molar-refractivity contribution in [1.29, 1.82) is 0 Å². The van der Waals surface area contributed by atoms with Crippen molar-refractivity contribution in [3.8, 4) is 17.2 Å². The molecule has 5 nitrogen and oxygen atoms in total. The molecule has 6 heteroatoms. The third-order valence-electron chi connectivity index (χ3n) is 3.21. The number of methoxy groups -OCH3 is 3. The molecule has 0 aliphatic rings. The summed E-state index contributed by atoms with van der Waals surface area (Å²) in [6, 6.07) is 5.31. The minimum atomic E-state index is -0.367. The maximum Gasteiger partial charge on any atom is 0.310 e. The zero-order valence-corrected chi connectivity index (χ0v) is 14.1. The van der Waals surface area contributed by atoms with E-state index in [2.05, 4.69) is 4.74 Å². The van der Waals surface area contributed by atoms with Gasteiger partial charge in [-0.25, -0.2) is 0 Å². The Kier molecular flexibility index (Phi) is 4.76. The molecule has 1 N–H and O–H groups in total. The largest absolute Gasteiger partial charge is 0.506 e. The molecule has 0 saturated heterocycles. The van der Waals surface area contributed by atoms with Crippen LogP contribution in [0.1, 0.15) is 5.56 Å². The van der Waals surface area contributed by atoms with Crippen LogP contribution in [0.4, 0.5) is 0 Å². The molecule has 0 atom stereocenters. The topological polar surface area (TPSA) is 65.0 Å². The number of aromatic hydroxyl groups is 1. The SMILES string of the molecule is COC(=O)Cc1cc2c(OC)ccc(OC)c2c(O)c1I. The van der Waals surface area contributed by atoms with E-state index in [1.807, 2.05) is 28.7 Å². The molecule has 0 aliphatic carbocycles. The number of carbonyl (C=O) groups excluding carboxylic acids is 1. The van der Waals surface area contributed by atoms with Crippen LogP contribution in [-0.4, -0.2) is 32.4 Å². The number of phenolic OH excluding ortho intramolecular Hbond substituents is 1. The summed E-state index contributed by atoms with van der Waals surface area (Å²) >= 11 is 2.01. The number of phenols is 1. The number of fused-ring (bicyclic) bond motifs is 1. The lowest BCUT2D eigenvalue weighted by Gasteiger charge is -2.14. The third kappa shape index (κ3) is 2.85. The molecule has 21 heavy (non-hydrogen) atoms. The summed E-state index contributed by atoms with van der Waals surface area (Å²) in [4.78, 5) is 11.5. The number of hydrogen-bond acceptors (Lipinski definition) is 5. The van der Waals surface area contributed by atoms with Crippen molar-refractivity contribution >= 4 is 39.3 Å². The molecule has 112 valence electrons. The van der Waals surface area contributed by atoms with Gasteiger partial charge < -0.3 is 19.3 Å². The standard InChI is InChI=1S/C15H15IO5/c1-19-10-4-5-11(20-2)13-9(10)6-8(7-12(17)21-3)14(16)15(13)18/h4-6,18H,7H2,1-3H3. The van der Waals surface area contributed by atoms with Gasteiger partial charge in [0.1, 0.15) is 17.2 Å². The Morgan fingerprint density at radius 2 is 1.81 bits per heavy atom. The lowest BCUT2D eigenvalue weighted by molar-refractivity contribution is -0.139. The van der Waals surface area contributed by atoms with Crippen LogP contribution in [-0.2, 0) is 16.0 Å². The van der Waals surface area contributed by atoms with Crippen molar-refractivity contribution in [3.05, 3.63) is 27.3 Å². The number of rotatable bonds is 4. The second-order valence-electron chi connectivity index (χ2n) is 4.34. The van der Waals surface area contributed by atoms with Gasteiger partial charge in [0.25, 0.3) is 0 Å². The molecular weight excluding hydrogens is 387 g/mol. The number of hydrogen-bond donors (Lipinski definition) is 1. The molecule has 2 aromatic carbocycles. The molecule has 2 rings (SSSR count). The van der Waals surface area contributed by atoms with Gasteiger partial charge in [-0.1, -0.05) is 0 Å². The Balaban J connectivity index is 2.76. The van der Waals surface area contributed by atoms with E-state index < -0.39 is 0 Å². The van der Waals surface area contributed by atoms with Gasteiger partial charge in [-0.2, -0.15) is 0 Å². The second kappa shape index (κ2) is 6.38. The van der Waals surface area contributed by atoms with Crippen LogP contribution in [0.5, 0.6) is 17.2 Å². The summed E-state index contributed by atoms with van der Waals surface area (Å²) in [5.74, 6) is 0.853. The van der Waals surface area contributed by atoms with Crippen LogP contribution in [0.3, 0.4) is 0 Å². The molecule has 0 fully saturated rings. The van der Waals surface area contributed by atoms with E-state index in [9.17, 15) is 9.90 Å². The fourth-order valence-electron chi connectivity index (χ4n) is 2.17. The molecule has 0 bridgehead atoms. The highest BCUT2D eigenvalue weighted by Gasteiger charge is 2.19. The Hall–Kier alpha value is -1.70. The van der Waals surface area contributed by atoms with Gasteiger partial charge >= 0.3 is 5.97 Å². The lowest BCUT2D eigenvalue weighted by Crippen LogP contribution is -2.06. The van der Waals surface area contributed by atoms with Gasteiger partial charge in [0.2, 0.25) is 0 Å². The Morgan fingerprint density at radius 1 is 1.19 bits per heavy atom. The zero-order valence-electron chi connectivity index (χ0n) is 11.9. The summed E-state index contributed by atoms with van der Waals surface area (Å²) < 4.78 is 15.9. The first-order valence-electron chi connectivity index (χ1n) is 6.15. The Labute approximate surface area is 135 Å². The van der Waals surface area contributed by atoms with Crippen LogP contribution in [0, 0.1) is 3.57 Å². The van der Waals surface area contributed by atoms with Crippen LogP contribution >= 0.6 is 22.6 Å². The average Bonchev–Trinajstić information content (AvgIpc) is 2.50. The van der Waals surface area contributed by atoms with E-state index in [-0.39, 0.29) is 18.1 Å². The fourth-order valence-corrected chi connectivity index (χ4v) is 2.79. The Morgan fingerprint density at radius 3 is 2.38 bits per heavy atom. The first-order valence-corrected chi connectivity index (χ1v) is 7.23. The van der Waals surface area contributed by atoms with Crippen molar-refractivity contribution in [1.82, 2.24) is 0 Å². The van der Waals surface area contributed by atoms with Crippen molar-refractivity contribution in [3.63, 3.8) is 0 Å². The molecule has 0 spiro atoms. The molecule has 0 aromatic heterocycles. The van der Waals surface area contributed by atoms with Crippen molar-refractivity contribution in [2.24, 2.45) is 0 Å². The average molecular weight is 402 g/mol. The Bertz CT molecular complexity index is 696. The molecule has 0 heterocycles. The number of halogens is 1. The molecule has 0 amide bonds. The summed E-state index contributed by atoms with van der Waals surface area (Å²) in [5.41, 5.74) is 0.680. The highest BCUT2D eigenvalue weighted by Crippen LogP contribution is 2.42. The maximum absolute atomic E-state index is 11.5. The lowest BCUT2D eigenvalue weighted by atomic mass is 10.0. The van der Waals surface area contributed by atoms with Gasteiger partial charge in [-0.05, 0) is 46.4 Å². The van der Waals surface area contributed by atoms with Crippen LogP contribution in [0.2, 0.25) is 0 Å². The predicted molar refractivity (Wildman–Crippen MR) is 87.2 cm³/mol. The van der Waals surface area contributed by atoms with Gasteiger partial charge in [-0.15, -0.1) is 0 Å². The van der Waals surface area contributed by atoms with Gasteiger partial charge in [0, 0.05) is 5.39 Å². The number of benzene rings is 2. The first-order chi connectivity index (χ1) is 10.0. The molecule has 2 aromatic rings. The quantitative estimate of drug-likeness (QED) is 0.630. The third-order valence-corrected chi connectivity index (χ3v) is 4.42. The summed E-state index contributed by atoms with van der Waals surface area (Å²) in [7, 11) is 4.42. The second-order valence-corrected chi connectivity index (χ2v) is 5.42. The van der Waals surface area contributed by atoms with Gasteiger partial charge in [0.15, 0.2) is 0 Å². The van der Waals surface area contributed by atoms with Crippen LogP contribution in [0.15, 0.2) is 18.2 Å². The summed E-state index contributed by atoms with van der Waals surface area (Å²) in [6.07, 6.45) is 0.0820. The molecule has 0 saturated carbocycles. The highest BCUT2D eigenvalue weighted by atomic mass is 127. The van der Waals surface area contributed by atoms with E-state index in [0.717, 1.165) is 0 Å². The minimum Gasteiger partial charge on any atom is -0.506 e. The smallest absolute Gasteiger partial charge is 0.310 e. The zero-order chi connectivity index (χ0) is 15.6. The van der Waals surface area contributed by atoms with Crippen LogP contribution in [0.25, 0.3) is 10.8 Å². The van der Waals surface area contributed by atoms with E-state index in [0.29, 0.717) is 31.4 Å². The van der Waals surface area contributed by atoms with Crippen molar-refractivity contribution in [2.45, 2.75) is 6.42 Å². The maximum atomic E-state index is 11.5. The van der Waals surface area contributed by atoms with Gasteiger partial charge in [0.05, 0.1) is 36.7 Å². The molecular formula is C15H15IO5. The van der Waals surface area contributed by atoms with Crippen LogP contribution < -0.4 is 9.47 Å². The van der Waals surface area contributed by atoms with E-state index in [4.69, 9.17) is 9.47 Å². The van der Waals surface area contributed by atoms with E-state index in [1.54, 1.807) is 19.2 Å². The number of esters is 1. The van der Waals surface area contributed by atoms with Crippen molar-refractivity contribution in [2.75, 3.05) is 21.3 Å². The summed E-state index contributed by atoms with van der Waals surface area (Å²) in [5, 5.41) is 11.7. The van der Waals surface area contributed by atoms with Gasteiger partial charge in [-0.3, -0.25) is 4.79 Å². The summed E-state index contributed by atoms with van der Waals surface area (Å²) in [6.45, 7) is 0. The number of carbonyl (C=O) groups is 1. The monoisotopic (exact) mass is 402 g/mol. The fraction of sp³-hybridized carbons (Fsp3) is 0.267. The van der Waals surface area contributed by atoms with E-state index in [1.165, 1.54) is 14.2 Å². The highest BCUT2D eigenvalue weighted by molar-refractivity contribution is 14.1. The van der Waals surface area contributed by atoms with E-state index >= 15 is 0 Å².